The van der Waals surface area contributed by atoms with Crippen molar-refractivity contribution in [2.45, 2.75) is 38.3 Å². The number of pyridine rings is 1. The van der Waals surface area contributed by atoms with Crippen molar-refractivity contribution >= 4 is 17.5 Å². The normalized spacial score (nSPS) is 12.9. The van der Waals surface area contributed by atoms with Gasteiger partial charge in [0.05, 0.1) is 5.56 Å². The number of anilines is 2. The van der Waals surface area contributed by atoms with Crippen LogP contribution in [0.4, 0.5) is 38.0 Å². The highest BCUT2D eigenvalue weighted by Crippen LogP contribution is 2.25. The molecule has 0 fully saturated rings. The van der Waals surface area contributed by atoms with Crippen LogP contribution < -0.4 is 21.5 Å². The van der Waals surface area contributed by atoms with Crippen molar-refractivity contribution in [2.24, 2.45) is 0 Å². The minimum Gasteiger partial charge on any atom is -0.481 e. The van der Waals surface area contributed by atoms with Gasteiger partial charge in [-0.1, -0.05) is 12.1 Å². The predicted octanol–water partition coefficient (Wildman–Crippen LogP) is 3.19. The number of hydrogen-bond donors (Lipinski definition) is 3. The zero-order valence-corrected chi connectivity index (χ0v) is 18.0. The van der Waals surface area contributed by atoms with Crippen LogP contribution in [0.25, 0.3) is 5.69 Å². The van der Waals surface area contributed by atoms with Crippen molar-refractivity contribution in [1.29, 1.82) is 0 Å². The Labute approximate surface area is 194 Å². The summed E-state index contributed by atoms with van der Waals surface area (Å²) in [6.45, 7) is 0.857. The molecule has 0 aliphatic heterocycles. The largest absolute Gasteiger partial charge is 0.481 e. The fourth-order valence-electron chi connectivity index (χ4n) is 2.81. The number of nitrogens with zero attached hydrogens (tertiary/aromatic N) is 4. The molecule has 9 nitrogen and oxygen atoms in total. The highest BCUT2D eigenvalue weighted by Gasteiger charge is 2.38. The summed E-state index contributed by atoms with van der Waals surface area (Å²) < 4.78 is 81.2. The quantitative estimate of drug-likeness (QED) is 0.422. The summed E-state index contributed by atoms with van der Waals surface area (Å²) >= 11 is 0. The lowest BCUT2D eigenvalue weighted by molar-refractivity contribution is -0.189. The number of nitrogens with two attached hydrogens (primary N) is 2. The van der Waals surface area contributed by atoms with E-state index in [2.05, 4.69) is 20.4 Å². The van der Waals surface area contributed by atoms with E-state index in [1.165, 1.54) is 30.3 Å². The van der Waals surface area contributed by atoms with Gasteiger partial charge in [-0.25, -0.2) is 14.6 Å². The first-order valence-electron chi connectivity index (χ1n) is 9.87. The number of nitrogen functional groups attached to an aromatic ring is 2. The smallest absolute Gasteiger partial charge is 0.425 e. The van der Waals surface area contributed by atoms with Gasteiger partial charge in [-0.05, 0) is 30.7 Å². The highest BCUT2D eigenvalue weighted by atomic mass is 19.4. The lowest BCUT2D eigenvalue weighted by Gasteiger charge is -2.17. The molecule has 3 aromatic rings. The first kappa shape index (κ1) is 25.6. The first-order valence-corrected chi connectivity index (χ1v) is 9.87. The molecule has 0 unspecified atom stereocenters. The number of carbonyl (C=O) groups excluding carboxylic acids is 1. The second-order valence-corrected chi connectivity index (χ2v) is 7.35. The van der Waals surface area contributed by atoms with E-state index in [1.54, 1.807) is 0 Å². The standard InChI is InChI=1S/C20H19F6N7O2/c1-10(20(24,25)26)35-12-4-2-11(3-5-12)8-29-18(34)13-6-14(17(28)31-16(13)27)33-9-30-15(32-33)7-19(21,22)23/h2-6,9-10H,7-8H2,1H3,(H,29,34)(H4,27,28,31)/t10-/m1/s1. The molecule has 3 rings (SSSR count). The first-order chi connectivity index (χ1) is 16.2. The van der Waals surface area contributed by atoms with Crippen LogP contribution in [-0.4, -0.2) is 44.1 Å². The molecule has 0 aliphatic carbocycles. The lowest BCUT2D eigenvalue weighted by atomic mass is 10.2. The Morgan fingerprint density at radius 1 is 1.11 bits per heavy atom. The van der Waals surface area contributed by atoms with E-state index < -0.39 is 36.6 Å². The minimum atomic E-state index is -4.51. The SMILES string of the molecule is C[C@@H](Oc1ccc(CNC(=O)c2cc(-n3cnc(CC(F)(F)F)n3)c(N)nc2N)cc1)C(F)(F)F. The predicted molar refractivity (Wildman–Crippen MR) is 111 cm³/mol. The zero-order valence-electron chi connectivity index (χ0n) is 18.0. The molecular weight excluding hydrogens is 484 g/mol. The molecule has 0 bridgehead atoms. The third-order valence-electron chi connectivity index (χ3n) is 4.60. The molecule has 2 aromatic heterocycles. The Kier molecular flexibility index (Phi) is 7.07. The maximum Gasteiger partial charge on any atom is 0.425 e. The molecule has 15 heteroatoms. The van der Waals surface area contributed by atoms with Crippen molar-refractivity contribution in [3.05, 3.63) is 53.6 Å². The molecular formula is C20H19F6N7O2. The topological polar surface area (TPSA) is 134 Å². The van der Waals surface area contributed by atoms with Gasteiger partial charge < -0.3 is 21.5 Å². The second kappa shape index (κ2) is 9.68. The third kappa shape index (κ3) is 6.74. The van der Waals surface area contributed by atoms with Gasteiger partial charge in [-0.2, -0.15) is 31.4 Å². The average Bonchev–Trinajstić information content (AvgIpc) is 3.18. The number of alkyl halides is 6. The van der Waals surface area contributed by atoms with Crippen LogP contribution in [0.1, 0.15) is 28.7 Å². The summed E-state index contributed by atoms with van der Waals surface area (Å²) in [6, 6.07) is 6.78. The number of benzene rings is 1. The van der Waals surface area contributed by atoms with Crippen LogP contribution >= 0.6 is 0 Å². The van der Waals surface area contributed by atoms with Crippen LogP contribution in [0, 0.1) is 0 Å². The van der Waals surface area contributed by atoms with Crippen LogP contribution in [0.2, 0.25) is 0 Å². The fourth-order valence-corrected chi connectivity index (χ4v) is 2.81. The summed E-state index contributed by atoms with van der Waals surface area (Å²) in [5.41, 5.74) is 12.0. The molecule has 188 valence electrons. The van der Waals surface area contributed by atoms with E-state index in [0.29, 0.717) is 5.56 Å². The van der Waals surface area contributed by atoms with E-state index in [1.807, 2.05) is 0 Å². The minimum absolute atomic E-state index is 0.000697. The number of nitrogens with one attached hydrogen (secondary N) is 1. The van der Waals surface area contributed by atoms with Crippen molar-refractivity contribution in [2.75, 3.05) is 11.5 Å². The van der Waals surface area contributed by atoms with E-state index >= 15 is 0 Å². The van der Waals surface area contributed by atoms with Crippen LogP contribution in [0.3, 0.4) is 0 Å². The summed E-state index contributed by atoms with van der Waals surface area (Å²) in [5, 5.41) is 6.27. The molecule has 1 amide bonds. The van der Waals surface area contributed by atoms with Gasteiger partial charge in [0.2, 0.25) is 0 Å². The van der Waals surface area contributed by atoms with Gasteiger partial charge >= 0.3 is 12.4 Å². The van der Waals surface area contributed by atoms with Crippen molar-refractivity contribution in [3.63, 3.8) is 0 Å². The molecule has 0 radical (unpaired) electrons. The number of carbonyl (C=O) groups is 1. The molecule has 0 saturated carbocycles. The Bertz CT molecular complexity index is 1190. The van der Waals surface area contributed by atoms with Crippen LogP contribution in [0.5, 0.6) is 5.75 Å². The maximum absolute atomic E-state index is 12.6. The summed E-state index contributed by atoms with van der Waals surface area (Å²) in [5.74, 6) is -1.61. The maximum atomic E-state index is 12.6. The van der Waals surface area contributed by atoms with E-state index in [-0.39, 0.29) is 35.2 Å². The van der Waals surface area contributed by atoms with Gasteiger partial charge in [0.25, 0.3) is 5.91 Å². The Morgan fingerprint density at radius 3 is 2.37 bits per heavy atom. The Hall–Kier alpha value is -4.04. The molecule has 35 heavy (non-hydrogen) atoms. The summed E-state index contributed by atoms with van der Waals surface area (Å²) in [7, 11) is 0. The van der Waals surface area contributed by atoms with E-state index in [4.69, 9.17) is 16.2 Å². The number of halogens is 6. The summed E-state index contributed by atoms with van der Waals surface area (Å²) in [4.78, 5) is 20.1. The second-order valence-electron chi connectivity index (χ2n) is 7.35. The van der Waals surface area contributed by atoms with Gasteiger partial charge in [-0.15, -0.1) is 0 Å². The number of ether oxygens (including phenoxy) is 1. The third-order valence-corrected chi connectivity index (χ3v) is 4.60. The number of rotatable bonds is 7. The molecule has 1 atom stereocenters. The number of amides is 1. The van der Waals surface area contributed by atoms with E-state index in [9.17, 15) is 31.1 Å². The molecule has 1 aromatic carbocycles. The zero-order chi connectivity index (χ0) is 26.0. The molecule has 0 aliphatic rings. The molecule has 2 heterocycles. The average molecular weight is 503 g/mol. The molecule has 0 saturated heterocycles. The van der Waals surface area contributed by atoms with Crippen molar-refractivity contribution in [3.8, 4) is 11.4 Å². The molecule has 5 N–H and O–H groups in total. The lowest BCUT2D eigenvalue weighted by Crippen LogP contribution is -2.31. The monoisotopic (exact) mass is 503 g/mol. The van der Waals surface area contributed by atoms with Gasteiger partial charge in [0.15, 0.2) is 17.7 Å². The van der Waals surface area contributed by atoms with Gasteiger partial charge in [-0.3, -0.25) is 4.79 Å². The number of aromatic nitrogens is 4. The Balaban J connectivity index is 1.70. The van der Waals surface area contributed by atoms with Gasteiger partial charge in [0.1, 0.15) is 30.0 Å². The van der Waals surface area contributed by atoms with Crippen LogP contribution in [-0.2, 0) is 13.0 Å². The fraction of sp³-hybridized carbons (Fsp3) is 0.300. The summed E-state index contributed by atoms with van der Waals surface area (Å²) in [6.07, 6.45) is -11.4. The number of hydrogen-bond acceptors (Lipinski definition) is 7. The van der Waals surface area contributed by atoms with Crippen molar-refractivity contribution in [1.82, 2.24) is 25.1 Å². The Morgan fingerprint density at radius 2 is 1.77 bits per heavy atom. The van der Waals surface area contributed by atoms with Crippen molar-refractivity contribution < 1.29 is 35.9 Å². The van der Waals surface area contributed by atoms with Crippen LogP contribution in [0.15, 0.2) is 36.7 Å². The van der Waals surface area contributed by atoms with E-state index in [0.717, 1.165) is 17.9 Å². The van der Waals surface area contributed by atoms with Gasteiger partial charge in [0, 0.05) is 6.54 Å². The molecule has 0 spiro atoms. The highest BCUT2D eigenvalue weighted by molar-refractivity contribution is 5.99.